The predicted molar refractivity (Wildman–Crippen MR) is 89.9 cm³/mol. The lowest BCUT2D eigenvalue weighted by Crippen LogP contribution is -2.44. The molecule has 1 atom stereocenters. The van der Waals surface area contributed by atoms with Gasteiger partial charge in [0, 0.05) is 22.6 Å². The quantitative estimate of drug-likeness (QED) is 0.773. The van der Waals surface area contributed by atoms with Gasteiger partial charge < -0.3 is 15.4 Å². The summed E-state index contributed by atoms with van der Waals surface area (Å²) in [5.74, 6) is 0.239. The van der Waals surface area contributed by atoms with Crippen LogP contribution < -0.4 is 10.6 Å². The Morgan fingerprint density at radius 1 is 1.23 bits per heavy atom. The SMILES string of the molecule is CCOC(=O)NC(CNC(=O)c1ccc(Br)cc1)CC(C)C. The number of halogens is 1. The Labute approximate surface area is 139 Å². The Kier molecular flexibility index (Phi) is 7.95. The summed E-state index contributed by atoms with van der Waals surface area (Å²) in [6.45, 7) is 6.58. The van der Waals surface area contributed by atoms with Crippen LogP contribution in [0.4, 0.5) is 4.79 Å². The molecule has 0 radical (unpaired) electrons. The van der Waals surface area contributed by atoms with Crippen LogP contribution in [0, 0.1) is 5.92 Å². The minimum absolute atomic E-state index is 0.154. The Balaban J connectivity index is 2.56. The summed E-state index contributed by atoms with van der Waals surface area (Å²) in [5, 5.41) is 5.63. The molecule has 0 saturated heterocycles. The number of amides is 2. The summed E-state index contributed by atoms with van der Waals surface area (Å²) in [5.41, 5.74) is 0.586. The minimum atomic E-state index is -0.453. The fraction of sp³-hybridized carbons (Fsp3) is 0.500. The summed E-state index contributed by atoms with van der Waals surface area (Å²) >= 11 is 3.33. The van der Waals surface area contributed by atoms with Crippen LogP contribution in [0.3, 0.4) is 0 Å². The number of alkyl carbamates (subject to hydrolysis) is 1. The minimum Gasteiger partial charge on any atom is -0.450 e. The number of hydrogen-bond acceptors (Lipinski definition) is 3. The van der Waals surface area contributed by atoms with E-state index < -0.39 is 6.09 Å². The van der Waals surface area contributed by atoms with Crippen molar-refractivity contribution >= 4 is 27.9 Å². The fourth-order valence-corrected chi connectivity index (χ4v) is 2.29. The van der Waals surface area contributed by atoms with Crippen molar-refractivity contribution in [3.63, 3.8) is 0 Å². The highest BCUT2D eigenvalue weighted by molar-refractivity contribution is 9.10. The zero-order chi connectivity index (χ0) is 16.5. The maximum Gasteiger partial charge on any atom is 0.407 e. The molecule has 0 bridgehead atoms. The maximum atomic E-state index is 12.1. The molecule has 6 heteroatoms. The summed E-state index contributed by atoms with van der Waals surface area (Å²) in [7, 11) is 0. The third-order valence-electron chi connectivity index (χ3n) is 2.97. The molecule has 0 aliphatic carbocycles. The fourth-order valence-electron chi connectivity index (χ4n) is 2.02. The lowest BCUT2D eigenvalue weighted by molar-refractivity contribution is 0.0944. The molecule has 0 aliphatic rings. The third kappa shape index (κ3) is 6.93. The molecule has 0 saturated carbocycles. The summed E-state index contributed by atoms with van der Waals surface area (Å²) in [6.07, 6.45) is 0.311. The third-order valence-corrected chi connectivity index (χ3v) is 3.50. The Hall–Kier alpha value is -1.56. The van der Waals surface area contributed by atoms with E-state index in [2.05, 4.69) is 40.4 Å². The number of ether oxygens (including phenoxy) is 1. The van der Waals surface area contributed by atoms with E-state index in [0.717, 1.165) is 10.9 Å². The van der Waals surface area contributed by atoms with Gasteiger partial charge in [-0.15, -0.1) is 0 Å². The van der Waals surface area contributed by atoms with Crippen LogP contribution in [0.25, 0.3) is 0 Å². The van der Waals surface area contributed by atoms with Crippen LogP contribution in [0.1, 0.15) is 37.6 Å². The van der Waals surface area contributed by atoms with E-state index in [9.17, 15) is 9.59 Å². The molecule has 1 unspecified atom stereocenters. The molecule has 5 nitrogen and oxygen atoms in total. The van der Waals surface area contributed by atoms with Crippen molar-refractivity contribution in [2.45, 2.75) is 33.2 Å². The van der Waals surface area contributed by atoms with Gasteiger partial charge in [0.1, 0.15) is 0 Å². The smallest absolute Gasteiger partial charge is 0.407 e. The van der Waals surface area contributed by atoms with Crippen LogP contribution in [0.2, 0.25) is 0 Å². The average Bonchev–Trinajstić information content (AvgIpc) is 2.45. The standard InChI is InChI=1S/C16H23BrN2O3/c1-4-22-16(21)19-14(9-11(2)3)10-18-15(20)12-5-7-13(17)8-6-12/h5-8,11,14H,4,9-10H2,1-3H3,(H,18,20)(H,19,21). The second-order valence-corrected chi connectivity index (χ2v) is 6.32. The van der Waals surface area contributed by atoms with Gasteiger partial charge in [0.2, 0.25) is 0 Å². The number of carbonyl (C=O) groups excluding carboxylic acids is 2. The van der Waals surface area contributed by atoms with Crippen molar-refractivity contribution in [1.82, 2.24) is 10.6 Å². The van der Waals surface area contributed by atoms with Crippen LogP contribution in [0.15, 0.2) is 28.7 Å². The topological polar surface area (TPSA) is 67.4 Å². The van der Waals surface area contributed by atoms with E-state index in [-0.39, 0.29) is 11.9 Å². The molecule has 0 spiro atoms. The zero-order valence-electron chi connectivity index (χ0n) is 13.2. The average molecular weight is 371 g/mol. The molecule has 1 rings (SSSR count). The van der Waals surface area contributed by atoms with Crippen LogP contribution in [0.5, 0.6) is 0 Å². The van der Waals surface area contributed by atoms with Gasteiger partial charge in [0.25, 0.3) is 5.91 Å². The van der Waals surface area contributed by atoms with Gasteiger partial charge >= 0.3 is 6.09 Å². The molecule has 0 fully saturated rings. The number of nitrogens with one attached hydrogen (secondary N) is 2. The Morgan fingerprint density at radius 3 is 2.41 bits per heavy atom. The van der Waals surface area contributed by atoms with Gasteiger partial charge in [-0.2, -0.15) is 0 Å². The van der Waals surface area contributed by atoms with E-state index in [1.54, 1.807) is 19.1 Å². The van der Waals surface area contributed by atoms with Crippen molar-refractivity contribution in [3.8, 4) is 0 Å². The largest absolute Gasteiger partial charge is 0.450 e. The van der Waals surface area contributed by atoms with Gasteiger partial charge in [0.05, 0.1) is 6.61 Å². The van der Waals surface area contributed by atoms with Crippen molar-refractivity contribution in [2.24, 2.45) is 5.92 Å². The van der Waals surface area contributed by atoms with E-state index >= 15 is 0 Å². The highest BCUT2D eigenvalue weighted by atomic mass is 79.9. The number of benzene rings is 1. The first kappa shape index (κ1) is 18.5. The lowest BCUT2D eigenvalue weighted by Gasteiger charge is -2.20. The highest BCUT2D eigenvalue weighted by Gasteiger charge is 2.16. The molecule has 1 aromatic carbocycles. The van der Waals surface area contributed by atoms with Gasteiger partial charge in [-0.3, -0.25) is 4.79 Å². The Bertz CT molecular complexity index is 489. The van der Waals surface area contributed by atoms with E-state index in [1.165, 1.54) is 0 Å². The van der Waals surface area contributed by atoms with E-state index in [4.69, 9.17) is 4.74 Å². The van der Waals surface area contributed by atoms with Crippen LogP contribution in [-0.4, -0.2) is 31.2 Å². The Morgan fingerprint density at radius 2 is 1.86 bits per heavy atom. The monoisotopic (exact) mass is 370 g/mol. The predicted octanol–water partition coefficient (Wildman–Crippen LogP) is 3.34. The summed E-state index contributed by atoms with van der Waals surface area (Å²) in [4.78, 5) is 23.6. The summed E-state index contributed by atoms with van der Waals surface area (Å²) in [6, 6.07) is 6.97. The summed E-state index contributed by atoms with van der Waals surface area (Å²) < 4.78 is 5.81. The number of carbonyl (C=O) groups is 2. The second kappa shape index (κ2) is 9.46. The number of hydrogen-bond donors (Lipinski definition) is 2. The van der Waals surface area contributed by atoms with E-state index in [0.29, 0.717) is 24.6 Å². The van der Waals surface area contributed by atoms with Crippen molar-refractivity contribution in [1.29, 1.82) is 0 Å². The van der Waals surface area contributed by atoms with Crippen LogP contribution >= 0.6 is 15.9 Å². The first-order valence-electron chi connectivity index (χ1n) is 7.39. The second-order valence-electron chi connectivity index (χ2n) is 5.41. The molecule has 122 valence electrons. The normalized spacial score (nSPS) is 11.9. The molecule has 22 heavy (non-hydrogen) atoms. The van der Waals surface area contributed by atoms with Gasteiger partial charge in [-0.1, -0.05) is 29.8 Å². The van der Waals surface area contributed by atoms with Gasteiger partial charge in [-0.25, -0.2) is 4.79 Å². The molecule has 2 amide bonds. The molecule has 1 aromatic rings. The molecule has 2 N–H and O–H groups in total. The van der Waals surface area contributed by atoms with Crippen LogP contribution in [-0.2, 0) is 4.74 Å². The first-order valence-corrected chi connectivity index (χ1v) is 8.18. The van der Waals surface area contributed by atoms with Crippen molar-refractivity contribution in [2.75, 3.05) is 13.2 Å². The molecular formula is C16H23BrN2O3. The number of rotatable bonds is 7. The molecule has 0 heterocycles. The molecular weight excluding hydrogens is 348 g/mol. The maximum absolute atomic E-state index is 12.1. The van der Waals surface area contributed by atoms with Gasteiger partial charge in [0.15, 0.2) is 0 Å². The van der Waals surface area contributed by atoms with Gasteiger partial charge in [-0.05, 0) is 43.5 Å². The van der Waals surface area contributed by atoms with Crippen molar-refractivity contribution < 1.29 is 14.3 Å². The molecule has 0 aromatic heterocycles. The molecule has 0 aliphatic heterocycles. The zero-order valence-corrected chi connectivity index (χ0v) is 14.8. The highest BCUT2D eigenvalue weighted by Crippen LogP contribution is 2.10. The lowest BCUT2D eigenvalue weighted by atomic mass is 10.0. The first-order chi connectivity index (χ1) is 10.4. The van der Waals surface area contributed by atoms with Crippen molar-refractivity contribution in [3.05, 3.63) is 34.3 Å². The van der Waals surface area contributed by atoms with E-state index in [1.807, 2.05) is 12.1 Å².